The molecule has 3 N–H and O–H groups in total. The molecule has 22 heavy (non-hydrogen) atoms. The molecule has 5 nitrogen and oxygen atoms in total. The minimum absolute atomic E-state index is 0.0726. The van der Waals surface area contributed by atoms with E-state index in [1.54, 1.807) is 6.92 Å². The van der Waals surface area contributed by atoms with Crippen molar-refractivity contribution in [1.29, 1.82) is 0 Å². The zero-order valence-electron chi connectivity index (χ0n) is 11.7. The van der Waals surface area contributed by atoms with E-state index in [2.05, 4.69) is 20.6 Å². The number of nitrogens with zero attached hydrogens (tertiary/aromatic N) is 2. The molecular formula is C13H15F3N4OS. The van der Waals surface area contributed by atoms with Crippen molar-refractivity contribution in [3.05, 3.63) is 34.2 Å². The summed E-state index contributed by atoms with van der Waals surface area (Å²) in [5.74, 6) is -0.103. The van der Waals surface area contributed by atoms with E-state index in [1.807, 2.05) is 17.5 Å². The van der Waals surface area contributed by atoms with Crippen LogP contribution in [0, 0.1) is 0 Å². The van der Waals surface area contributed by atoms with Gasteiger partial charge >= 0.3 is 6.18 Å². The number of rotatable bonds is 6. The van der Waals surface area contributed by atoms with Crippen LogP contribution >= 0.6 is 11.3 Å². The zero-order chi connectivity index (χ0) is 16.2. The summed E-state index contributed by atoms with van der Waals surface area (Å²) in [6, 6.07) is 4.14. The van der Waals surface area contributed by atoms with E-state index in [0.717, 1.165) is 10.9 Å². The van der Waals surface area contributed by atoms with Crippen molar-refractivity contribution in [3.63, 3.8) is 0 Å². The monoisotopic (exact) mass is 332 g/mol. The number of thiophene rings is 1. The van der Waals surface area contributed by atoms with E-state index in [-0.39, 0.29) is 18.4 Å². The molecule has 0 aliphatic heterocycles. The van der Waals surface area contributed by atoms with Crippen LogP contribution in [0.1, 0.15) is 17.5 Å². The number of halogens is 3. The second-order valence-corrected chi connectivity index (χ2v) is 5.65. The first-order valence-corrected chi connectivity index (χ1v) is 7.36. The Morgan fingerprint density at radius 2 is 2.14 bits per heavy atom. The van der Waals surface area contributed by atoms with Crippen LogP contribution in [0.25, 0.3) is 0 Å². The summed E-state index contributed by atoms with van der Waals surface area (Å²) in [5, 5.41) is 16.3. The second-order valence-electron chi connectivity index (χ2n) is 4.62. The second kappa shape index (κ2) is 6.93. The maximum Gasteiger partial charge on any atom is 0.433 e. The molecule has 0 aromatic carbocycles. The third-order valence-corrected chi connectivity index (χ3v) is 3.57. The molecule has 9 heteroatoms. The lowest BCUT2D eigenvalue weighted by molar-refractivity contribution is -0.141. The van der Waals surface area contributed by atoms with Crippen molar-refractivity contribution in [3.8, 4) is 0 Å². The molecule has 2 rings (SSSR count). The molecule has 0 aliphatic carbocycles. The summed E-state index contributed by atoms with van der Waals surface area (Å²) in [4.78, 5) is 8.41. The number of alkyl halides is 3. The number of anilines is 2. The van der Waals surface area contributed by atoms with Crippen LogP contribution in [0.3, 0.4) is 0 Å². The zero-order valence-corrected chi connectivity index (χ0v) is 12.5. The lowest BCUT2D eigenvalue weighted by Gasteiger charge is -2.15. The Morgan fingerprint density at radius 3 is 2.73 bits per heavy atom. The van der Waals surface area contributed by atoms with Gasteiger partial charge in [-0.05, 0) is 18.4 Å². The first kappa shape index (κ1) is 16.5. The molecule has 0 fully saturated rings. The normalized spacial score (nSPS) is 13.0. The molecule has 0 amide bonds. The minimum atomic E-state index is -4.57. The van der Waals surface area contributed by atoms with Crippen LogP contribution in [0.2, 0.25) is 0 Å². The molecule has 2 aromatic heterocycles. The van der Waals surface area contributed by atoms with Gasteiger partial charge in [0, 0.05) is 17.0 Å². The number of aliphatic hydroxyl groups is 1. The first-order valence-electron chi connectivity index (χ1n) is 6.48. The smallest absolute Gasteiger partial charge is 0.394 e. The first-order chi connectivity index (χ1) is 10.4. The van der Waals surface area contributed by atoms with Gasteiger partial charge in [0.1, 0.15) is 5.82 Å². The maximum absolute atomic E-state index is 12.9. The highest BCUT2D eigenvalue weighted by atomic mass is 32.1. The van der Waals surface area contributed by atoms with Gasteiger partial charge in [-0.15, -0.1) is 11.3 Å². The van der Waals surface area contributed by atoms with Gasteiger partial charge in [-0.25, -0.2) is 4.98 Å². The van der Waals surface area contributed by atoms with Gasteiger partial charge in [-0.1, -0.05) is 6.07 Å². The van der Waals surface area contributed by atoms with Gasteiger partial charge in [-0.2, -0.15) is 18.2 Å². The molecule has 120 valence electrons. The molecule has 0 spiro atoms. The van der Waals surface area contributed by atoms with Gasteiger partial charge in [0.2, 0.25) is 5.95 Å². The molecule has 0 saturated carbocycles. The van der Waals surface area contributed by atoms with Crippen LogP contribution in [0.4, 0.5) is 24.9 Å². The Bertz CT molecular complexity index is 604. The van der Waals surface area contributed by atoms with Gasteiger partial charge in [0.15, 0.2) is 5.69 Å². The molecule has 0 unspecified atom stereocenters. The third-order valence-electron chi connectivity index (χ3n) is 2.69. The predicted octanol–water partition coefficient (Wildman–Crippen LogP) is 2.96. The molecule has 0 aliphatic rings. The van der Waals surface area contributed by atoms with Crippen LogP contribution < -0.4 is 10.6 Å². The van der Waals surface area contributed by atoms with E-state index in [4.69, 9.17) is 5.11 Å². The van der Waals surface area contributed by atoms with E-state index >= 15 is 0 Å². The number of aromatic nitrogens is 2. The van der Waals surface area contributed by atoms with E-state index in [9.17, 15) is 13.2 Å². The fourth-order valence-corrected chi connectivity index (χ4v) is 2.25. The summed E-state index contributed by atoms with van der Waals surface area (Å²) in [5.41, 5.74) is -1.04. The fourth-order valence-electron chi connectivity index (χ4n) is 1.60. The molecule has 0 radical (unpaired) electrons. The fraction of sp³-hybridized carbons (Fsp3) is 0.385. The molecule has 0 bridgehead atoms. The van der Waals surface area contributed by atoms with Crippen molar-refractivity contribution in [2.45, 2.75) is 25.7 Å². The predicted molar refractivity (Wildman–Crippen MR) is 78.9 cm³/mol. The minimum Gasteiger partial charge on any atom is -0.394 e. The van der Waals surface area contributed by atoms with E-state index < -0.39 is 17.9 Å². The largest absolute Gasteiger partial charge is 0.433 e. The van der Waals surface area contributed by atoms with E-state index in [0.29, 0.717) is 6.54 Å². The van der Waals surface area contributed by atoms with Gasteiger partial charge in [0.05, 0.1) is 13.2 Å². The average molecular weight is 332 g/mol. The highest BCUT2D eigenvalue weighted by Gasteiger charge is 2.33. The third kappa shape index (κ3) is 4.57. The summed E-state index contributed by atoms with van der Waals surface area (Å²) in [6.45, 7) is 1.75. The van der Waals surface area contributed by atoms with Crippen molar-refractivity contribution in [2.24, 2.45) is 0 Å². The molecule has 0 saturated heterocycles. The maximum atomic E-state index is 12.9. The quantitative estimate of drug-likeness (QED) is 0.759. The number of hydrogen-bond donors (Lipinski definition) is 3. The van der Waals surface area contributed by atoms with Gasteiger partial charge in [-0.3, -0.25) is 0 Å². The van der Waals surface area contributed by atoms with Gasteiger partial charge < -0.3 is 15.7 Å². The number of aliphatic hydroxyl groups excluding tert-OH is 1. The average Bonchev–Trinajstić information content (AvgIpc) is 2.97. The SMILES string of the molecule is C[C@H](CO)Nc1nc(NCc2cccs2)cc(C(F)(F)F)n1. The van der Waals surface area contributed by atoms with Gasteiger partial charge in [0.25, 0.3) is 0 Å². The highest BCUT2D eigenvalue weighted by Crippen LogP contribution is 2.30. The highest BCUT2D eigenvalue weighted by molar-refractivity contribution is 7.09. The van der Waals surface area contributed by atoms with E-state index in [1.165, 1.54) is 11.3 Å². The Kier molecular flexibility index (Phi) is 5.19. The Morgan fingerprint density at radius 1 is 1.36 bits per heavy atom. The standard InChI is InChI=1S/C13H15F3N4OS/c1-8(7-21)18-12-19-10(13(14,15)16)5-11(20-12)17-6-9-3-2-4-22-9/h2-5,8,21H,6-7H2,1H3,(H2,17,18,19,20)/t8-/m1/s1. The summed E-state index contributed by atoms with van der Waals surface area (Å²) in [6.07, 6.45) is -4.57. The van der Waals surface area contributed by atoms with Crippen LogP contribution in [-0.2, 0) is 12.7 Å². The summed E-state index contributed by atoms with van der Waals surface area (Å²) < 4.78 is 38.7. The molecule has 2 aromatic rings. The Labute approximate surface area is 129 Å². The van der Waals surface area contributed by atoms with Crippen LogP contribution in [-0.4, -0.2) is 27.7 Å². The van der Waals surface area contributed by atoms with Crippen molar-refractivity contribution in [1.82, 2.24) is 9.97 Å². The lowest BCUT2D eigenvalue weighted by atomic mass is 10.3. The lowest BCUT2D eigenvalue weighted by Crippen LogP contribution is -2.22. The molecular weight excluding hydrogens is 317 g/mol. The van der Waals surface area contributed by atoms with Crippen molar-refractivity contribution < 1.29 is 18.3 Å². The Balaban J connectivity index is 2.21. The summed E-state index contributed by atoms with van der Waals surface area (Å²) in [7, 11) is 0. The van der Waals surface area contributed by atoms with Crippen LogP contribution in [0.5, 0.6) is 0 Å². The van der Waals surface area contributed by atoms with Crippen molar-refractivity contribution >= 4 is 23.1 Å². The van der Waals surface area contributed by atoms with Crippen molar-refractivity contribution in [2.75, 3.05) is 17.2 Å². The number of nitrogens with one attached hydrogen (secondary N) is 2. The molecule has 2 heterocycles. The Hall–Kier alpha value is -1.87. The van der Waals surface area contributed by atoms with Crippen LogP contribution in [0.15, 0.2) is 23.6 Å². The summed E-state index contributed by atoms with van der Waals surface area (Å²) >= 11 is 1.49. The molecule has 1 atom stereocenters. The topological polar surface area (TPSA) is 70.1 Å². The number of hydrogen-bond acceptors (Lipinski definition) is 6.